The Bertz CT molecular complexity index is 1600. The SMILES string of the molecule is CC(=O)C(Cc1ccc(Br)cc1)=C(C)O.CC(C)(C)c1nc2ccc[c-]c2c2nc3ccccc3n12.[Ir]. The van der Waals surface area contributed by atoms with Crippen molar-refractivity contribution >= 4 is 49.3 Å². The Labute approximate surface area is 239 Å². The molecule has 7 heteroatoms. The number of imidazole rings is 1. The van der Waals surface area contributed by atoms with E-state index < -0.39 is 0 Å². The second-order valence-electron chi connectivity index (χ2n) is 9.80. The number of hydrogen-bond acceptors (Lipinski definition) is 4. The van der Waals surface area contributed by atoms with Crippen LogP contribution in [-0.2, 0) is 36.7 Å². The molecule has 193 valence electrons. The number of aliphatic hydroxyl groups excluding tert-OH is 1. The van der Waals surface area contributed by atoms with Crippen molar-refractivity contribution in [3.05, 3.63) is 100.0 Å². The van der Waals surface area contributed by atoms with Gasteiger partial charge in [0.1, 0.15) is 5.82 Å². The first-order chi connectivity index (χ1) is 17.1. The zero-order chi connectivity index (χ0) is 26.0. The summed E-state index contributed by atoms with van der Waals surface area (Å²) in [5, 5.41) is 10.3. The molecular formula is C30H29BrIrN3O2-. The molecule has 0 saturated carbocycles. The quantitative estimate of drug-likeness (QED) is 0.118. The molecule has 0 atom stereocenters. The Hall–Kier alpha value is -2.86. The fraction of sp³-hybridized carbons (Fsp3) is 0.233. The summed E-state index contributed by atoms with van der Waals surface area (Å²) in [7, 11) is 0. The molecule has 1 N–H and O–H groups in total. The predicted octanol–water partition coefficient (Wildman–Crippen LogP) is 7.54. The number of allylic oxidation sites excluding steroid dienone is 2. The number of hydrogen-bond donors (Lipinski definition) is 1. The molecule has 0 aliphatic heterocycles. The van der Waals surface area contributed by atoms with Gasteiger partial charge in [0.2, 0.25) is 0 Å². The van der Waals surface area contributed by atoms with E-state index in [-0.39, 0.29) is 37.1 Å². The summed E-state index contributed by atoms with van der Waals surface area (Å²) < 4.78 is 3.18. The van der Waals surface area contributed by atoms with Crippen LogP contribution in [0.3, 0.4) is 0 Å². The fourth-order valence-electron chi connectivity index (χ4n) is 4.09. The van der Waals surface area contributed by atoms with Crippen molar-refractivity contribution < 1.29 is 30.0 Å². The van der Waals surface area contributed by atoms with E-state index in [0.29, 0.717) is 12.0 Å². The summed E-state index contributed by atoms with van der Waals surface area (Å²) in [5.74, 6) is 1.04. The molecule has 37 heavy (non-hydrogen) atoms. The molecule has 5 aromatic rings. The van der Waals surface area contributed by atoms with Crippen LogP contribution in [0.25, 0.3) is 27.6 Å². The van der Waals surface area contributed by atoms with Gasteiger partial charge in [0.25, 0.3) is 0 Å². The number of fused-ring (bicyclic) bond motifs is 5. The number of benzene rings is 3. The van der Waals surface area contributed by atoms with Gasteiger partial charge in [-0.25, -0.2) is 0 Å². The van der Waals surface area contributed by atoms with Gasteiger partial charge < -0.3 is 9.51 Å². The third-order valence-electron chi connectivity index (χ3n) is 5.88. The summed E-state index contributed by atoms with van der Waals surface area (Å²) in [6.45, 7) is 9.55. The van der Waals surface area contributed by atoms with Crippen LogP contribution in [0.4, 0.5) is 0 Å². The Kier molecular flexibility index (Phi) is 9.06. The van der Waals surface area contributed by atoms with E-state index in [1.165, 1.54) is 13.8 Å². The van der Waals surface area contributed by atoms with Crippen LogP contribution in [0, 0.1) is 6.07 Å². The van der Waals surface area contributed by atoms with Crippen molar-refractivity contribution in [3.63, 3.8) is 0 Å². The van der Waals surface area contributed by atoms with E-state index >= 15 is 0 Å². The molecule has 0 bridgehead atoms. The maximum atomic E-state index is 11.2. The van der Waals surface area contributed by atoms with Crippen LogP contribution in [0.1, 0.15) is 46.0 Å². The van der Waals surface area contributed by atoms with Crippen LogP contribution in [0.2, 0.25) is 0 Å². The first-order valence-corrected chi connectivity index (χ1v) is 12.6. The van der Waals surface area contributed by atoms with Gasteiger partial charge in [-0.1, -0.05) is 66.4 Å². The van der Waals surface area contributed by atoms with E-state index in [1.807, 2.05) is 60.7 Å². The molecule has 0 unspecified atom stereocenters. The number of Topliss-reactive ketones (excluding diaryl/α,β-unsaturated/α-hetero) is 1. The summed E-state index contributed by atoms with van der Waals surface area (Å²) in [6, 6.07) is 25.1. The summed E-state index contributed by atoms with van der Waals surface area (Å²) in [5.41, 5.74) is 5.40. The van der Waals surface area contributed by atoms with E-state index in [4.69, 9.17) is 9.97 Å². The number of nitrogens with zero attached hydrogens (tertiary/aromatic N) is 3. The zero-order valence-corrected chi connectivity index (χ0v) is 25.4. The van der Waals surface area contributed by atoms with Gasteiger partial charge in [-0.15, -0.1) is 24.3 Å². The van der Waals surface area contributed by atoms with Gasteiger partial charge in [0, 0.05) is 42.0 Å². The molecule has 0 spiro atoms. The third kappa shape index (κ3) is 6.35. The standard InChI is InChI=1S/C18H16N3.C12H13BrO2.Ir/c1-18(2,3)17-20-13-9-5-4-8-12(13)16-19-14-10-6-7-11-15(14)21(16)17;1-8(14)12(9(2)15)7-10-3-5-11(13)6-4-10;/h4-7,9-11H,1-3H3;3-6,14H,7H2,1-2H3;/q-1;;. The molecule has 5 rings (SSSR count). The van der Waals surface area contributed by atoms with Crippen molar-refractivity contribution in [1.82, 2.24) is 14.4 Å². The van der Waals surface area contributed by atoms with Crippen molar-refractivity contribution in [1.29, 1.82) is 0 Å². The average Bonchev–Trinajstić information content (AvgIpc) is 3.22. The van der Waals surface area contributed by atoms with Gasteiger partial charge in [0.05, 0.1) is 22.4 Å². The maximum absolute atomic E-state index is 11.2. The van der Waals surface area contributed by atoms with Gasteiger partial charge in [-0.3, -0.25) is 14.8 Å². The molecule has 1 radical (unpaired) electrons. The average molecular weight is 736 g/mol. The van der Waals surface area contributed by atoms with Crippen molar-refractivity contribution in [3.8, 4) is 0 Å². The Balaban J connectivity index is 0.000000213. The molecule has 5 nitrogen and oxygen atoms in total. The van der Waals surface area contributed by atoms with E-state index in [2.05, 4.69) is 53.2 Å². The first kappa shape index (κ1) is 28.7. The van der Waals surface area contributed by atoms with Crippen LogP contribution in [0.5, 0.6) is 0 Å². The number of rotatable bonds is 3. The first-order valence-electron chi connectivity index (χ1n) is 11.8. The third-order valence-corrected chi connectivity index (χ3v) is 6.41. The molecule has 2 heterocycles. The summed E-state index contributed by atoms with van der Waals surface area (Å²) in [4.78, 5) is 20.9. The van der Waals surface area contributed by atoms with Crippen molar-refractivity contribution in [2.45, 2.75) is 46.5 Å². The summed E-state index contributed by atoms with van der Waals surface area (Å²) >= 11 is 3.34. The fourth-order valence-corrected chi connectivity index (χ4v) is 4.35. The van der Waals surface area contributed by atoms with E-state index in [9.17, 15) is 9.90 Å². The topological polar surface area (TPSA) is 67.5 Å². The second-order valence-corrected chi connectivity index (χ2v) is 10.7. The minimum Gasteiger partial charge on any atom is -0.512 e. The van der Waals surface area contributed by atoms with Crippen molar-refractivity contribution in [2.75, 3.05) is 0 Å². The normalized spacial score (nSPS) is 12.1. The van der Waals surface area contributed by atoms with Crippen molar-refractivity contribution in [2.24, 2.45) is 0 Å². The van der Waals surface area contributed by atoms with Crippen LogP contribution in [-0.4, -0.2) is 25.3 Å². The molecule has 0 saturated heterocycles. The second kappa shape index (κ2) is 11.7. The van der Waals surface area contributed by atoms with E-state index in [0.717, 1.165) is 43.4 Å². The minimum atomic E-state index is -0.0853. The number of aliphatic hydroxyl groups is 1. The van der Waals surface area contributed by atoms with Gasteiger partial charge in [-0.05, 0) is 49.2 Å². The Morgan fingerprint density at radius 2 is 1.62 bits per heavy atom. The number of carbonyl (C=O) groups excluding carboxylic acids is 1. The number of carbonyl (C=O) groups is 1. The molecule has 2 aromatic heterocycles. The summed E-state index contributed by atoms with van der Waals surface area (Å²) in [6.07, 6.45) is 0.477. The smallest absolute Gasteiger partial charge is 0.159 e. The number of para-hydroxylation sites is 2. The zero-order valence-electron chi connectivity index (χ0n) is 21.5. The largest absolute Gasteiger partial charge is 0.512 e. The number of aromatic nitrogens is 3. The Morgan fingerprint density at radius 1 is 0.973 bits per heavy atom. The van der Waals surface area contributed by atoms with Crippen LogP contribution < -0.4 is 0 Å². The molecule has 0 aliphatic carbocycles. The van der Waals surface area contributed by atoms with Crippen LogP contribution >= 0.6 is 15.9 Å². The van der Waals surface area contributed by atoms with E-state index in [1.54, 1.807) is 0 Å². The molecular weight excluding hydrogens is 706 g/mol. The van der Waals surface area contributed by atoms with Gasteiger partial charge in [0.15, 0.2) is 5.78 Å². The number of halogens is 1. The molecule has 0 fully saturated rings. The monoisotopic (exact) mass is 735 g/mol. The maximum Gasteiger partial charge on any atom is 0.159 e. The molecule has 0 aliphatic rings. The minimum absolute atomic E-state index is 0. The van der Waals surface area contributed by atoms with Gasteiger partial charge >= 0.3 is 0 Å². The number of ketones is 1. The Morgan fingerprint density at radius 3 is 2.24 bits per heavy atom. The predicted molar refractivity (Wildman–Crippen MR) is 149 cm³/mol. The van der Waals surface area contributed by atoms with Gasteiger partial charge in [-0.2, -0.15) is 0 Å². The van der Waals surface area contributed by atoms with Crippen LogP contribution in [0.15, 0.2) is 82.5 Å². The molecule has 3 aromatic carbocycles. The molecule has 0 amide bonds.